The molecule has 0 aliphatic carbocycles. The highest BCUT2D eigenvalue weighted by Crippen LogP contribution is 2.18. The van der Waals surface area contributed by atoms with Gasteiger partial charge in [0.15, 0.2) is 5.25 Å². The van der Waals surface area contributed by atoms with Crippen molar-refractivity contribution in [1.29, 1.82) is 0 Å². The maximum Gasteiger partial charge on any atom is 0.321 e. The van der Waals surface area contributed by atoms with Crippen LogP contribution in [0.1, 0.15) is 6.92 Å². The molecule has 1 saturated heterocycles. The van der Waals surface area contributed by atoms with E-state index >= 15 is 0 Å². The zero-order valence-electron chi connectivity index (χ0n) is 11.3. The van der Waals surface area contributed by atoms with Crippen LogP contribution in [0.4, 0.5) is 10.5 Å². The zero-order chi connectivity index (χ0) is 15.5. The van der Waals surface area contributed by atoms with Gasteiger partial charge in [0.05, 0.1) is 6.61 Å². The molecule has 0 aromatic heterocycles. The average Bonchev–Trinajstić information content (AvgIpc) is 2.40. The van der Waals surface area contributed by atoms with Crippen LogP contribution in [0.15, 0.2) is 24.3 Å². The monoisotopic (exact) mass is 313 g/mol. The van der Waals surface area contributed by atoms with E-state index in [1.165, 1.54) is 12.1 Å². The molecule has 8 nitrogen and oxygen atoms in total. The quantitative estimate of drug-likeness (QED) is 0.710. The van der Waals surface area contributed by atoms with Crippen LogP contribution in [0.2, 0.25) is 0 Å². The maximum atomic E-state index is 12.1. The number of urea groups is 1. The smallest absolute Gasteiger partial charge is 0.321 e. The summed E-state index contributed by atoms with van der Waals surface area (Å²) < 4.78 is 31.8. The zero-order valence-corrected chi connectivity index (χ0v) is 12.1. The number of rotatable bonds is 5. The Kier molecular flexibility index (Phi) is 4.32. The predicted octanol–water partition coefficient (Wildman–Crippen LogP) is 0.0350. The number of amides is 3. The number of hydrogen-bond acceptors (Lipinski definition) is 5. The Balaban J connectivity index is 2.10. The third kappa shape index (κ3) is 3.63. The van der Waals surface area contributed by atoms with Crippen LogP contribution in [0.3, 0.4) is 0 Å². The molecule has 1 aliphatic heterocycles. The minimum absolute atomic E-state index is 0.267. The van der Waals surface area contributed by atoms with Crippen molar-refractivity contribution in [2.24, 2.45) is 0 Å². The van der Waals surface area contributed by atoms with Gasteiger partial charge in [-0.1, -0.05) is 0 Å². The third-order valence-corrected chi connectivity index (χ3v) is 4.43. The molecule has 2 rings (SSSR count). The number of carbonyl (C=O) groups is 2. The first-order valence-electron chi connectivity index (χ1n) is 6.25. The van der Waals surface area contributed by atoms with Gasteiger partial charge in [0, 0.05) is 12.2 Å². The van der Waals surface area contributed by atoms with Crippen LogP contribution in [-0.2, 0) is 14.8 Å². The van der Waals surface area contributed by atoms with Gasteiger partial charge in [-0.2, -0.15) is 0 Å². The predicted molar refractivity (Wildman–Crippen MR) is 75.5 cm³/mol. The summed E-state index contributed by atoms with van der Waals surface area (Å²) in [5, 5.41) is 2.82. The lowest BCUT2D eigenvalue weighted by Gasteiger charge is -2.22. The van der Waals surface area contributed by atoms with Crippen molar-refractivity contribution in [3.63, 3.8) is 0 Å². The Morgan fingerprint density at radius 2 is 1.95 bits per heavy atom. The lowest BCUT2D eigenvalue weighted by Crippen LogP contribution is -2.58. The minimum atomic E-state index is -3.95. The summed E-state index contributed by atoms with van der Waals surface area (Å²) in [5.41, 5.74) is 0.308. The Labute approximate surface area is 121 Å². The topological polar surface area (TPSA) is 114 Å². The fraction of sp³-hybridized carbons (Fsp3) is 0.333. The van der Waals surface area contributed by atoms with E-state index in [-0.39, 0.29) is 6.54 Å². The van der Waals surface area contributed by atoms with Crippen LogP contribution >= 0.6 is 0 Å². The van der Waals surface area contributed by atoms with Gasteiger partial charge in [0.2, 0.25) is 15.9 Å². The summed E-state index contributed by atoms with van der Waals surface area (Å²) >= 11 is 0. The number of sulfonamides is 1. The average molecular weight is 313 g/mol. The number of anilines is 1. The molecule has 1 aromatic rings. The molecule has 1 unspecified atom stereocenters. The summed E-state index contributed by atoms with van der Waals surface area (Å²) in [6.07, 6.45) is 0. The minimum Gasteiger partial charge on any atom is -0.494 e. The van der Waals surface area contributed by atoms with Crippen LogP contribution < -0.4 is 20.1 Å². The van der Waals surface area contributed by atoms with Gasteiger partial charge >= 0.3 is 6.03 Å². The highest BCUT2D eigenvalue weighted by Gasteiger charge is 2.37. The summed E-state index contributed by atoms with van der Waals surface area (Å²) in [6.45, 7) is 2.08. The van der Waals surface area contributed by atoms with E-state index in [2.05, 4.69) is 10.0 Å². The van der Waals surface area contributed by atoms with Crippen molar-refractivity contribution in [2.75, 3.05) is 17.9 Å². The molecular formula is C12H15N3O5S. The van der Waals surface area contributed by atoms with Gasteiger partial charge in [0.25, 0.3) is 0 Å². The van der Waals surface area contributed by atoms with Crippen molar-refractivity contribution in [2.45, 2.75) is 12.2 Å². The Hall–Kier alpha value is -2.29. The Bertz CT molecular complexity index is 641. The molecular weight excluding hydrogens is 298 g/mol. The first-order valence-corrected chi connectivity index (χ1v) is 7.80. The van der Waals surface area contributed by atoms with E-state index in [1.807, 2.05) is 12.2 Å². The molecule has 3 amide bonds. The van der Waals surface area contributed by atoms with E-state index in [0.29, 0.717) is 18.0 Å². The molecule has 1 atom stereocenters. The summed E-state index contributed by atoms with van der Waals surface area (Å²) in [5.74, 6) is -0.236. The van der Waals surface area contributed by atoms with E-state index in [0.717, 1.165) is 0 Å². The summed E-state index contributed by atoms with van der Waals surface area (Å²) in [7, 11) is -3.95. The number of nitrogens with one attached hydrogen (secondary N) is 3. The third-order valence-electron chi connectivity index (χ3n) is 2.78. The van der Waals surface area contributed by atoms with Crippen LogP contribution in [-0.4, -0.2) is 38.8 Å². The Morgan fingerprint density at radius 3 is 2.52 bits per heavy atom. The fourth-order valence-electron chi connectivity index (χ4n) is 1.79. The largest absolute Gasteiger partial charge is 0.494 e. The van der Waals surface area contributed by atoms with Crippen molar-refractivity contribution in [3.05, 3.63) is 24.3 Å². The standard InChI is InChI=1S/C12H15N3O5S/c1-2-20-9-5-3-8(4-6-9)15-21(18,19)10-7-13-12(17)14-11(10)16/h3-6,10,15H,2,7H2,1H3,(H2,13,14,16,17). The van der Waals surface area contributed by atoms with Gasteiger partial charge in [-0.15, -0.1) is 0 Å². The van der Waals surface area contributed by atoms with Gasteiger partial charge in [-0.25, -0.2) is 13.2 Å². The van der Waals surface area contributed by atoms with E-state index in [4.69, 9.17) is 4.74 Å². The number of ether oxygens (including phenoxy) is 1. The molecule has 1 aliphatic rings. The first kappa shape index (κ1) is 15.1. The number of hydrogen-bond donors (Lipinski definition) is 3. The van der Waals surface area contributed by atoms with Crippen LogP contribution in [0.25, 0.3) is 0 Å². The molecule has 1 fully saturated rings. The van der Waals surface area contributed by atoms with Crippen LogP contribution in [0, 0.1) is 0 Å². The van der Waals surface area contributed by atoms with Crippen molar-refractivity contribution in [3.8, 4) is 5.75 Å². The summed E-state index contributed by atoms with van der Waals surface area (Å²) in [6, 6.07) is 5.59. The molecule has 0 radical (unpaired) electrons. The lowest BCUT2D eigenvalue weighted by molar-refractivity contribution is -0.120. The second-order valence-electron chi connectivity index (χ2n) is 4.29. The SMILES string of the molecule is CCOc1ccc(NS(=O)(=O)C2CNC(=O)NC2=O)cc1. The summed E-state index contributed by atoms with van der Waals surface area (Å²) in [4.78, 5) is 22.5. The highest BCUT2D eigenvalue weighted by molar-refractivity contribution is 7.94. The van der Waals surface area contributed by atoms with Crippen LogP contribution in [0.5, 0.6) is 5.75 Å². The highest BCUT2D eigenvalue weighted by atomic mass is 32.2. The second-order valence-corrected chi connectivity index (χ2v) is 6.16. The van der Waals surface area contributed by atoms with E-state index in [9.17, 15) is 18.0 Å². The molecule has 3 N–H and O–H groups in total. The van der Waals surface area contributed by atoms with Gasteiger partial charge in [-0.3, -0.25) is 14.8 Å². The maximum absolute atomic E-state index is 12.1. The van der Waals surface area contributed by atoms with Gasteiger partial charge in [-0.05, 0) is 31.2 Å². The number of benzene rings is 1. The van der Waals surface area contributed by atoms with Crippen molar-refractivity contribution in [1.82, 2.24) is 10.6 Å². The normalized spacial score (nSPS) is 18.6. The molecule has 1 aromatic carbocycles. The molecule has 21 heavy (non-hydrogen) atoms. The van der Waals surface area contributed by atoms with Gasteiger partial charge in [0.1, 0.15) is 5.75 Å². The molecule has 114 valence electrons. The molecule has 0 spiro atoms. The number of carbonyl (C=O) groups excluding carboxylic acids is 2. The van der Waals surface area contributed by atoms with Crippen molar-refractivity contribution < 1.29 is 22.7 Å². The second kappa shape index (κ2) is 6.00. The van der Waals surface area contributed by atoms with E-state index in [1.54, 1.807) is 12.1 Å². The van der Waals surface area contributed by atoms with E-state index < -0.39 is 27.2 Å². The van der Waals surface area contributed by atoms with Gasteiger partial charge < -0.3 is 10.1 Å². The molecule has 0 bridgehead atoms. The molecule has 9 heteroatoms. The number of imide groups is 1. The first-order chi connectivity index (χ1) is 9.92. The molecule has 0 saturated carbocycles. The van der Waals surface area contributed by atoms with Crippen molar-refractivity contribution >= 4 is 27.6 Å². The fourth-order valence-corrected chi connectivity index (χ4v) is 3.04. The molecule has 1 heterocycles. The lowest BCUT2D eigenvalue weighted by atomic mass is 10.3. The Morgan fingerprint density at radius 1 is 1.29 bits per heavy atom.